The van der Waals surface area contributed by atoms with Gasteiger partial charge in [0.15, 0.2) is 0 Å². The molecule has 0 aliphatic heterocycles. The number of rotatable bonds is 8. The van der Waals surface area contributed by atoms with Gasteiger partial charge in [0, 0.05) is 24.0 Å². The quantitative estimate of drug-likeness (QED) is 0.727. The zero-order valence-corrected chi connectivity index (χ0v) is 14.2. The van der Waals surface area contributed by atoms with Gasteiger partial charge in [0.1, 0.15) is 0 Å². The van der Waals surface area contributed by atoms with Gasteiger partial charge < -0.3 is 10.2 Å². The first-order valence-electron chi connectivity index (χ1n) is 8.44. The first-order chi connectivity index (χ1) is 11.3. The van der Waals surface area contributed by atoms with Crippen molar-refractivity contribution in [3.05, 3.63) is 58.3 Å². The van der Waals surface area contributed by atoms with Crippen LogP contribution in [0.15, 0.2) is 47.8 Å². The lowest BCUT2D eigenvalue weighted by atomic mass is 10.1. The molecule has 0 bridgehead atoms. The van der Waals surface area contributed by atoms with Crippen molar-refractivity contribution in [3.63, 3.8) is 0 Å². The van der Waals surface area contributed by atoms with Crippen LogP contribution >= 0.6 is 11.3 Å². The van der Waals surface area contributed by atoms with Crippen molar-refractivity contribution in [3.8, 4) is 0 Å². The third-order valence-electron chi connectivity index (χ3n) is 4.19. The number of urea groups is 1. The van der Waals surface area contributed by atoms with Crippen LogP contribution in [-0.4, -0.2) is 30.1 Å². The van der Waals surface area contributed by atoms with Crippen molar-refractivity contribution in [1.82, 2.24) is 10.2 Å². The number of amides is 2. The zero-order valence-electron chi connectivity index (χ0n) is 13.4. The Kier molecular flexibility index (Phi) is 5.70. The summed E-state index contributed by atoms with van der Waals surface area (Å²) in [6, 6.07) is 15.2. The minimum atomic E-state index is 0.108. The number of aryl methyl sites for hydroxylation is 1. The second kappa shape index (κ2) is 8.16. The Bertz CT molecular complexity index is 593. The standard InChI is InChI=1S/C19H24N2OS/c22-19(20-13-4-8-16-6-2-1-3-7-16)21(17-10-11-17)14-12-18-9-5-15-23-18/h1-3,5-7,9,15,17H,4,8,10-14H2,(H,20,22). The Morgan fingerprint density at radius 1 is 1.13 bits per heavy atom. The lowest BCUT2D eigenvalue weighted by Gasteiger charge is -2.22. The summed E-state index contributed by atoms with van der Waals surface area (Å²) in [5, 5.41) is 5.19. The molecule has 1 saturated carbocycles. The van der Waals surface area contributed by atoms with E-state index in [0.29, 0.717) is 6.04 Å². The van der Waals surface area contributed by atoms with Crippen LogP contribution in [0.5, 0.6) is 0 Å². The highest BCUT2D eigenvalue weighted by atomic mass is 32.1. The molecule has 0 spiro atoms. The Hall–Kier alpha value is -1.81. The highest BCUT2D eigenvalue weighted by Gasteiger charge is 2.32. The van der Waals surface area contributed by atoms with Crippen molar-refractivity contribution in [2.24, 2.45) is 0 Å². The van der Waals surface area contributed by atoms with E-state index in [1.165, 1.54) is 10.4 Å². The average molecular weight is 328 g/mol. The van der Waals surface area contributed by atoms with Gasteiger partial charge in [-0.3, -0.25) is 0 Å². The van der Waals surface area contributed by atoms with E-state index in [0.717, 1.165) is 45.2 Å². The Labute approximate surface area is 142 Å². The molecule has 1 fully saturated rings. The maximum absolute atomic E-state index is 12.4. The number of thiophene rings is 1. The molecule has 1 heterocycles. The van der Waals surface area contributed by atoms with Crippen molar-refractivity contribution >= 4 is 17.4 Å². The molecule has 0 unspecified atom stereocenters. The summed E-state index contributed by atoms with van der Waals surface area (Å²) in [6.07, 6.45) is 5.27. The zero-order chi connectivity index (χ0) is 15.9. The normalized spacial score (nSPS) is 13.7. The fraction of sp³-hybridized carbons (Fsp3) is 0.421. The second-order valence-corrected chi connectivity index (χ2v) is 7.11. The molecule has 23 heavy (non-hydrogen) atoms. The summed E-state index contributed by atoms with van der Waals surface area (Å²) in [7, 11) is 0. The predicted octanol–water partition coefficient (Wildman–Crippen LogP) is 4.10. The summed E-state index contributed by atoms with van der Waals surface area (Å²) in [5.41, 5.74) is 1.33. The Morgan fingerprint density at radius 3 is 2.65 bits per heavy atom. The number of hydrogen-bond acceptors (Lipinski definition) is 2. The molecule has 3 rings (SSSR count). The molecule has 1 aliphatic carbocycles. The number of carbonyl (C=O) groups excluding carboxylic acids is 1. The lowest BCUT2D eigenvalue weighted by Crippen LogP contribution is -2.42. The lowest BCUT2D eigenvalue weighted by molar-refractivity contribution is 0.195. The molecule has 1 aliphatic rings. The topological polar surface area (TPSA) is 32.3 Å². The fourth-order valence-electron chi connectivity index (χ4n) is 2.76. The molecule has 2 amide bonds. The number of benzene rings is 1. The van der Waals surface area contributed by atoms with E-state index in [2.05, 4.69) is 47.1 Å². The third-order valence-corrected chi connectivity index (χ3v) is 5.13. The molecule has 1 aromatic heterocycles. The molecule has 4 heteroatoms. The van der Waals surface area contributed by atoms with E-state index in [-0.39, 0.29) is 6.03 Å². The van der Waals surface area contributed by atoms with Crippen molar-refractivity contribution in [1.29, 1.82) is 0 Å². The molecule has 3 nitrogen and oxygen atoms in total. The largest absolute Gasteiger partial charge is 0.338 e. The summed E-state index contributed by atoms with van der Waals surface area (Å²) < 4.78 is 0. The van der Waals surface area contributed by atoms with Gasteiger partial charge in [0.2, 0.25) is 0 Å². The van der Waals surface area contributed by atoms with Gasteiger partial charge in [-0.25, -0.2) is 4.79 Å². The Balaban J connectivity index is 1.40. The van der Waals surface area contributed by atoms with Crippen LogP contribution in [0.25, 0.3) is 0 Å². The summed E-state index contributed by atoms with van der Waals surface area (Å²) >= 11 is 1.77. The first-order valence-corrected chi connectivity index (χ1v) is 9.31. The van der Waals surface area contributed by atoms with Crippen molar-refractivity contribution < 1.29 is 4.79 Å². The van der Waals surface area contributed by atoms with Crippen LogP contribution in [0, 0.1) is 0 Å². The minimum Gasteiger partial charge on any atom is -0.338 e. The van der Waals surface area contributed by atoms with Gasteiger partial charge in [-0.2, -0.15) is 0 Å². The van der Waals surface area contributed by atoms with Gasteiger partial charge in [0.05, 0.1) is 0 Å². The third kappa shape index (κ3) is 5.10. The van der Waals surface area contributed by atoms with Gasteiger partial charge in [-0.15, -0.1) is 11.3 Å². The summed E-state index contributed by atoms with van der Waals surface area (Å²) in [6.45, 7) is 1.58. The molecular weight excluding hydrogens is 304 g/mol. The maximum atomic E-state index is 12.4. The van der Waals surface area contributed by atoms with E-state index >= 15 is 0 Å². The number of carbonyl (C=O) groups is 1. The molecule has 122 valence electrons. The average Bonchev–Trinajstić information content (AvgIpc) is 3.28. The maximum Gasteiger partial charge on any atom is 0.317 e. The van der Waals surface area contributed by atoms with Crippen molar-refractivity contribution in [2.75, 3.05) is 13.1 Å². The van der Waals surface area contributed by atoms with Crippen LogP contribution in [-0.2, 0) is 12.8 Å². The van der Waals surface area contributed by atoms with Gasteiger partial charge in [-0.05, 0) is 49.1 Å². The van der Waals surface area contributed by atoms with Crippen LogP contribution in [0.1, 0.15) is 29.7 Å². The van der Waals surface area contributed by atoms with Gasteiger partial charge >= 0.3 is 6.03 Å². The predicted molar refractivity (Wildman–Crippen MR) is 95.9 cm³/mol. The molecule has 0 saturated heterocycles. The fourth-order valence-corrected chi connectivity index (χ4v) is 3.45. The van der Waals surface area contributed by atoms with Crippen LogP contribution in [0.2, 0.25) is 0 Å². The Morgan fingerprint density at radius 2 is 1.96 bits per heavy atom. The molecule has 0 atom stereocenters. The summed E-state index contributed by atoms with van der Waals surface area (Å²) in [4.78, 5) is 15.8. The van der Waals surface area contributed by atoms with Gasteiger partial charge in [-0.1, -0.05) is 36.4 Å². The number of hydrogen-bond donors (Lipinski definition) is 1. The molecule has 0 radical (unpaired) electrons. The van der Waals surface area contributed by atoms with Crippen LogP contribution < -0.4 is 5.32 Å². The summed E-state index contributed by atoms with van der Waals surface area (Å²) in [5.74, 6) is 0. The minimum absolute atomic E-state index is 0.108. The molecule has 1 N–H and O–H groups in total. The first kappa shape index (κ1) is 16.1. The van der Waals surface area contributed by atoms with E-state index in [1.54, 1.807) is 11.3 Å². The van der Waals surface area contributed by atoms with Crippen LogP contribution in [0.4, 0.5) is 4.79 Å². The number of nitrogens with zero attached hydrogens (tertiary/aromatic N) is 1. The van der Waals surface area contributed by atoms with Crippen LogP contribution in [0.3, 0.4) is 0 Å². The number of nitrogens with one attached hydrogen (secondary N) is 1. The monoisotopic (exact) mass is 328 g/mol. The van der Waals surface area contributed by atoms with E-state index < -0.39 is 0 Å². The van der Waals surface area contributed by atoms with Gasteiger partial charge in [0.25, 0.3) is 0 Å². The smallest absolute Gasteiger partial charge is 0.317 e. The molecule has 1 aromatic carbocycles. The molecular formula is C19H24N2OS. The highest BCUT2D eigenvalue weighted by Crippen LogP contribution is 2.27. The SMILES string of the molecule is O=C(NCCCc1ccccc1)N(CCc1cccs1)C1CC1. The molecule has 2 aromatic rings. The van der Waals surface area contributed by atoms with E-state index in [9.17, 15) is 4.79 Å². The van der Waals surface area contributed by atoms with Crippen molar-refractivity contribution in [2.45, 2.75) is 38.1 Å². The highest BCUT2D eigenvalue weighted by molar-refractivity contribution is 7.09. The van der Waals surface area contributed by atoms with E-state index in [1.807, 2.05) is 11.0 Å². The van der Waals surface area contributed by atoms with E-state index in [4.69, 9.17) is 0 Å². The second-order valence-electron chi connectivity index (χ2n) is 6.08.